The SMILES string of the molecule is CC1CC(O)(S(=O)(=O)[O-])C(C)O1.[Na+]. The van der Waals surface area contributed by atoms with Crippen LogP contribution in [-0.4, -0.2) is 35.2 Å². The van der Waals surface area contributed by atoms with Gasteiger partial charge in [0.15, 0.2) is 4.93 Å². The standard InChI is InChI=1S/C6H12O5S.Na/c1-4-3-6(7,5(2)11-4)12(8,9)10;/h4-5,7H,3H2,1-2H3,(H,8,9,10);/q;+1/p-1. The van der Waals surface area contributed by atoms with E-state index in [1.54, 1.807) is 6.92 Å². The molecule has 1 N–H and O–H groups in total. The molecule has 0 spiro atoms. The summed E-state index contributed by atoms with van der Waals surface area (Å²) in [6.07, 6.45) is -1.50. The van der Waals surface area contributed by atoms with Crippen LogP contribution >= 0.6 is 0 Å². The maximum Gasteiger partial charge on any atom is 1.00 e. The van der Waals surface area contributed by atoms with Crippen LogP contribution < -0.4 is 29.6 Å². The van der Waals surface area contributed by atoms with Gasteiger partial charge in [-0.15, -0.1) is 0 Å². The molecule has 1 aliphatic heterocycles. The fourth-order valence-corrected chi connectivity index (χ4v) is 2.29. The van der Waals surface area contributed by atoms with Crippen LogP contribution in [-0.2, 0) is 14.9 Å². The van der Waals surface area contributed by atoms with E-state index in [1.165, 1.54) is 6.92 Å². The molecule has 0 saturated carbocycles. The van der Waals surface area contributed by atoms with Crippen molar-refractivity contribution in [1.82, 2.24) is 0 Å². The summed E-state index contributed by atoms with van der Waals surface area (Å²) in [5, 5.41) is 9.44. The molecule has 5 nitrogen and oxygen atoms in total. The smallest absolute Gasteiger partial charge is 0.746 e. The van der Waals surface area contributed by atoms with Crippen LogP contribution in [0.5, 0.6) is 0 Å². The molecule has 0 aromatic rings. The molecule has 13 heavy (non-hydrogen) atoms. The van der Waals surface area contributed by atoms with Crippen LogP contribution in [0.4, 0.5) is 0 Å². The van der Waals surface area contributed by atoms with Crippen molar-refractivity contribution in [3.8, 4) is 0 Å². The Kier molecular flexibility index (Phi) is 4.40. The second-order valence-electron chi connectivity index (χ2n) is 3.09. The Labute approximate surface area is 99.5 Å². The van der Waals surface area contributed by atoms with Gasteiger partial charge in [0.2, 0.25) is 0 Å². The van der Waals surface area contributed by atoms with Crippen LogP contribution in [0.2, 0.25) is 0 Å². The summed E-state index contributed by atoms with van der Waals surface area (Å²) < 4.78 is 36.9. The Bertz CT molecular complexity index is 277. The number of hydrogen-bond donors (Lipinski definition) is 1. The van der Waals surface area contributed by atoms with Crippen molar-refractivity contribution in [2.75, 3.05) is 0 Å². The first kappa shape index (κ1) is 13.8. The van der Waals surface area contributed by atoms with Gasteiger partial charge in [-0.3, -0.25) is 0 Å². The van der Waals surface area contributed by atoms with Gasteiger partial charge in [-0.1, -0.05) is 0 Å². The summed E-state index contributed by atoms with van der Waals surface area (Å²) >= 11 is 0. The van der Waals surface area contributed by atoms with Gasteiger partial charge >= 0.3 is 29.6 Å². The van der Waals surface area contributed by atoms with E-state index < -0.39 is 27.3 Å². The van der Waals surface area contributed by atoms with Crippen molar-refractivity contribution in [1.29, 1.82) is 0 Å². The fraction of sp³-hybridized carbons (Fsp3) is 1.00. The van der Waals surface area contributed by atoms with E-state index in [9.17, 15) is 18.1 Å². The van der Waals surface area contributed by atoms with Crippen LogP contribution in [0.1, 0.15) is 20.3 Å². The van der Waals surface area contributed by atoms with Gasteiger partial charge in [-0.2, -0.15) is 0 Å². The Morgan fingerprint density at radius 2 is 2.00 bits per heavy atom. The van der Waals surface area contributed by atoms with E-state index in [2.05, 4.69) is 0 Å². The van der Waals surface area contributed by atoms with Crippen LogP contribution in [0, 0.1) is 0 Å². The Morgan fingerprint density at radius 1 is 1.54 bits per heavy atom. The summed E-state index contributed by atoms with van der Waals surface area (Å²) in [5.74, 6) is 0. The molecular weight excluding hydrogens is 207 g/mol. The van der Waals surface area contributed by atoms with Crippen molar-refractivity contribution in [3.63, 3.8) is 0 Å². The minimum Gasteiger partial charge on any atom is -0.746 e. The van der Waals surface area contributed by atoms with E-state index in [0.717, 1.165) is 0 Å². The summed E-state index contributed by atoms with van der Waals surface area (Å²) in [6, 6.07) is 0. The van der Waals surface area contributed by atoms with Crippen molar-refractivity contribution >= 4 is 10.1 Å². The normalized spacial score (nSPS) is 40.0. The third-order valence-electron chi connectivity index (χ3n) is 2.08. The Balaban J connectivity index is 0.00000144. The van der Waals surface area contributed by atoms with Crippen molar-refractivity contribution in [2.45, 2.75) is 37.4 Å². The molecule has 0 aromatic carbocycles. The van der Waals surface area contributed by atoms with Crippen molar-refractivity contribution < 1.29 is 52.4 Å². The minimum absolute atomic E-state index is 0. The molecule has 1 saturated heterocycles. The van der Waals surface area contributed by atoms with Crippen molar-refractivity contribution in [3.05, 3.63) is 0 Å². The van der Waals surface area contributed by atoms with Crippen molar-refractivity contribution in [2.24, 2.45) is 0 Å². The van der Waals surface area contributed by atoms with E-state index in [-0.39, 0.29) is 36.0 Å². The molecule has 72 valence electrons. The summed E-state index contributed by atoms with van der Waals surface area (Å²) in [4.78, 5) is -2.24. The summed E-state index contributed by atoms with van der Waals surface area (Å²) in [6.45, 7) is 2.98. The largest absolute Gasteiger partial charge is 1.00 e. The molecule has 1 rings (SSSR count). The predicted molar refractivity (Wildman–Crippen MR) is 39.3 cm³/mol. The monoisotopic (exact) mass is 218 g/mol. The zero-order chi connectivity index (χ0) is 9.57. The quantitative estimate of drug-likeness (QED) is 0.363. The van der Waals surface area contributed by atoms with Gasteiger partial charge in [0.05, 0.1) is 12.2 Å². The van der Waals surface area contributed by atoms with E-state index in [0.29, 0.717) is 0 Å². The van der Waals surface area contributed by atoms with Gasteiger partial charge in [-0.25, -0.2) is 8.42 Å². The second kappa shape index (κ2) is 4.14. The molecule has 1 aliphatic rings. The predicted octanol–water partition coefficient (Wildman–Crippen LogP) is -3.58. The third-order valence-corrected chi connectivity index (χ3v) is 3.45. The Hall–Kier alpha value is 0.830. The molecule has 0 bridgehead atoms. The summed E-state index contributed by atoms with van der Waals surface area (Å²) in [7, 11) is -4.70. The van der Waals surface area contributed by atoms with E-state index >= 15 is 0 Å². The molecule has 0 aliphatic carbocycles. The molecule has 7 heteroatoms. The molecule has 1 fully saturated rings. The zero-order valence-corrected chi connectivity index (χ0v) is 10.7. The second-order valence-corrected chi connectivity index (χ2v) is 4.71. The average molecular weight is 218 g/mol. The van der Waals surface area contributed by atoms with Crippen LogP contribution in [0.15, 0.2) is 0 Å². The molecule has 0 radical (unpaired) electrons. The van der Waals surface area contributed by atoms with Gasteiger partial charge in [0.25, 0.3) is 0 Å². The van der Waals surface area contributed by atoms with Crippen LogP contribution in [0.3, 0.4) is 0 Å². The van der Waals surface area contributed by atoms with Gasteiger partial charge in [0.1, 0.15) is 10.1 Å². The molecule has 1 heterocycles. The zero-order valence-electron chi connectivity index (χ0n) is 7.85. The van der Waals surface area contributed by atoms with Gasteiger partial charge in [0, 0.05) is 6.42 Å². The first-order chi connectivity index (χ1) is 5.27. The van der Waals surface area contributed by atoms with E-state index in [4.69, 9.17) is 4.74 Å². The summed E-state index contributed by atoms with van der Waals surface area (Å²) in [5.41, 5.74) is 0. The average Bonchev–Trinajstić information content (AvgIpc) is 2.06. The fourth-order valence-electron chi connectivity index (χ4n) is 1.39. The molecule has 0 aromatic heterocycles. The van der Waals surface area contributed by atoms with Crippen LogP contribution in [0.25, 0.3) is 0 Å². The first-order valence-electron chi connectivity index (χ1n) is 3.60. The van der Waals surface area contributed by atoms with E-state index in [1.807, 2.05) is 0 Å². The number of hydrogen-bond acceptors (Lipinski definition) is 5. The Morgan fingerprint density at radius 3 is 2.15 bits per heavy atom. The number of ether oxygens (including phenoxy) is 1. The topological polar surface area (TPSA) is 86.7 Å². The molecule has 3 atom stereocenters. The minimum atomic E-state index is -4.70. The van der Waals surface area contributed by atoms with Gasteiger partial charge in [-0.05, 0) is 13.8 Å². The third kappa shape index (κ3) is 2.44. The maximum atomic E-state index is 10.6. The number of aliphatic hydroxyl groups is 1. The number of rotatable bonds is 1. The first-order valence-corrected chi connectivity index (χ1v) is 5.01. The van der Waals surface area contributed by atoms with Gasteiger partial charge < -0.3 is 14.4 Å². The molecule has 0 amide bonds. The maximum absolute atomic E-state index is 10.6. The molecule has 3 unspecified atom stereocenters. The molecular formula is C6H11NaO5S.